The van der Waals surface area contributed by atoms with Gasteiger partial charge in [-0.05, 0) is 48.2 Å². The van der Waals surface area contributed by atoms with E-state index >= 15 is 0 Å². The van der Waals surface area contributed by atoms with E-state index < -0.39 is 0 Å². The summed E-state index contributed by atoms with van der Waals surface area (Å²) >= 11 is 0. The third-order valence-corrected chi connectivity index (χ3v) is 5.43. The highest BCUT2D eigenvalue weighted by molar-refractivity contribution is 5.83. The molecule has 0 bridgehead atoms. The van der Waals surface area contributed by atoms with Gasteiger partial charge in [-0.2, -0.15) is 10.2 Å². The molecule has 0 aliphatic rings. The fraction of sp³-hybridized carbons (Fsp3) is 0.407. The van der Waals surface area contributed by atoms with Crippen LogP contribution in [0.5, 0.6) is 0 Å². The summed E-state index contributed by atoms with van der Waals surface area (Å²) in [4.78, 5) is 27.9. The molecule has 2 aromatic rings. The van der Waals surface area contributed by atoms with Crippen LogP contribution < -0.4 is 20.7 Å². The first-order valence-corrected chi connectivity index (χ1v) is 12.0. The van der Waals surface area contributed by atoms with Gasteiger partial charge in [-0.15, -0.1) is 0 Å². The van der Waals surface area contributed by atoms with Gasteiger partial charge >= 0.3 is 0 Å². The Hall–Kier alpha value is -3.68. The monoisotopic (exact) mass is 478 g/mol. The van der Waals surface area contributed by atoms with E-state index in [1.54, 1.807) is 12.4 Å². The number of rotatable bonds is 14. The Kier molecular flexibility index (Phi) is 12.0. The van der Waals surface area contributed by atoms with Crippen molar-refractivity contribution in [2.75, 3.05) is 38.0 Å². The molecule has 2 rings (SSSR count). The van der Waals surface area contributed by atoms with Gasteiger partial charge in [0.05, 0.1) is 12.4 Å². The maximum Gasteiger partial charge on any atom is 0.240 e. The second kappa shape index (κ2) is 15.3. The number of unbranched alkanes of at least 4 members (excludes halogenated alkanes) is 4. The molecule has 0 radical (unpaired) electrons. The molecule has 0 atom stereocenters. The number of hydrogen-bond acceptors (Lipinski definition) is 6. The average Bonchev–Trinajstić information content (AvgIpc) is 2.84. The van der Waals surface area contributed by atoms with Gasteiger partial charge in [-0.25, -0.2) is 10.9 Å². The van der Waals surface area contributed by atoms with Gasteiger partial charge in [0.15, 0.2) is 0 Å². The number of hydrogen-bond donors (Lipinski definition) is 2. The Labute approximate surface area is 209 Å². The van der Waals surface area contributed by atoms with Crippen molar-refractivity contribution in [2.45, 2.75) is 44.9 Å². The van der Waals surface area contributed by atoms with Gasteiger partial charge in [0.1, 0.15) is 0 Å². The highest BCUT2D eigenvalue weighted by atomic mass is 16.2. The van der Waals surface area contributed by atoms with E-state index in [9.17, 15) is 9.59 Å². The second-order valence-corrected chi connectivity index (χ2v) is 8.83. The summed E-state index contributed by atoms with van der Waals surface area (Å²) < 4.78 is 0. The summed E-state index contributed by atoms with van der Waals surface area (Å²) in [5.41, 5.74) is 9.25. The van der Waals surface area contributed by atoms with Gasteiger partial charge < -0.3 is 9.80 Å². The van der Waals surface area contributed by atoms with E-state index in [2.05, 4.69) is 21.1 Å². The number of amides is 2. The zero-order valence-electron chi connectivity index (χ0n) is 21.3. The van der Waals surface area contributed by atoms with Crippen LogP contribution in [0, 0.1) is 0 Å². The number of nitrogens with one attached hydrogen (secondary N) is 2. The molecule has 0 aliphatic heterocycles. The van der Waals surface area contributed by atoms with Gasteiger partial charge in [0.25, 0.3) is 0 Å². The van der Waals surface area contributed by atoms with E-state index in [4.69, 9.17) is 0 Å². The van der Waals surface area contributed by atoms with Gasteiger partial charge in [-0.1, -0.05) is 43.5 Å². The fourth-order valence-corrected chi connectivity index (χ4v) is 3.29. The molecule has 0 spiro atoms. The fourth-order valence-electron chi connectivity index (χ4n) is 3.29. The molecule has 2 N–H and O–H groups in total. The second-order valence-electron chi connectivity index (χ2n) is 8.83. The zero-order valence-corrected chi connectivity index (χ0v) is 21.3. The van der Waals surface area contributed by atoms with Crippen LogP contribution >= 0.6 is 0 Å². The van der Waals surface area contributed by atoms with Crippen LogP contribution in [0.4, 0.5) is 11.4 Å². The third-order valence-electron chi connectivity index (χ3n) is 5.43. The minimum Gasteiger partial charge on any atom is -0.378 e. The average molecular weight is 479 g/mol. The lowest BCUT2D eigenvalue weighted by molar-refractivity contribution is -0.121. The number of anilines is 2. The lowest BCUT2D eigenvalue weighted by Crippen LogP contribution is -2.17. The van der Waals surface area contributed by atoms with Gasteiger partial charge in [0, 0.05) is 52.4 Å². The van der Waals surface area contributed by atoms with E-state index in [1.807, 2.05) is 86.5 Å². The van der Waals surface area contributed by atoms with Crippen LogP contribution in [-0.4, -0.2) is 52.4 Å². The molecule has 0 aromatic heterocycles. The molecule has 0 aliphatic carbocycles. The van der Waals surface area contributed by atoms with Crippen LogP contribution in [0.2, 0.25) is 0 Å². The summed E-state index contributed by atoms with van der Waals surface area (Å²) in [6.45, 7) is 0. The number of hydrazone groups is 2. The van der Waals surface area contributed by atoms with Crippen molar-refractivity contribution in [2.24, 2.45) is 10.2 Å². The lowest BCUT2D eigenvalue weighted by Gasteiger charge is -2.11. The summed E-state index contributed by atoms with van der Waals surface area (Å²) in [5, 5.41) is 8.04. The molecule has 0 fully saturated rings. The van der Waals surface area contributed by atoms with E-state index in [0.29, 0.717) is 12.8 Å². The molecule has 8 nitrogen and oxygen atoms in total. The predicted octanol–water partition coefficient (Wildman–Crippen LogP) is 4.15. The van der Waals surface area contributed by atoms with Gasteiger partial charge in [0.2, 0.25) is 11.8 Å². The molecule has 188 valence electrons. The quantitative estimate of drug-likeness (QED) is 0.243. The number of carbonyl (C=O) groups excluding carboxylic acids is 2. The number of carbonyl (C=O) groups is 2. The van der Waals surface area contributed by atoms with Crippen LogP contribution in [0.25, 0.3) is 0 Å². The van der Waals surface area contributed by atoms with Crippen LogP contribution in [-0.2, 0) is 9.59 Å². The smallest absolute Gasteiger partial charge is 0.240 e. The van der Waals surface area contributed by atoms with Crippen molar-refractivity contribution in [3.63, 3.8) is 0 Å². The first-order valence-electron chi connectivity index (χ1n) is 12.0. The van der Waals surface area contributed by atoms with E-state index in [1.165, 1.54) is 0 Å². The predicted molar refractivity (Wildman–Crippen MR) is 145 cm³/mol. The van der Waals surface area contributed by atoms with Crippen LogP contribution in [0.1, 0.15) is 56.1 Å². The Morgan fingerprint density at radius 3 is 1.31 bits per heavy atom. The van der Waals surface area contributed by atoms with Crippen LogP contribution in [0.15, 0.2) is 58.7 Å². The van der Waals surface area contributed by atoms with E-state index in [-0.39, 0.29) is 11.8 Å². The molecule has 2 amide bonds. The Morgan fingerprint density at radius 2 is 0.971 bits per heavy atom. The highest BCUT2D eigenvalue weighted by Crippen LogP contribution is 2.12. The molecule has 0 saturated carbocycles. The number of benzene rings is 2. The highest BCUT2D eigenvalue weighted by Gasteiger charge is 2.02. The summed E-state index contributed by atoms with van der Waals surface area (Å²) in [5.74, 6) is -0.167. The topological polar surface area (TPSA) is 89.4 Å². The summed E-state index contributed by atoms with van der Waals surface area (Å²) in [6.07, 6.45) is 8.69. The maximum absolute atomic E-state index is 11.9. The Bertz CT molecular complexity index is 887. The summed E-state index contributed by atoms with van der Waals surface area (Å²) in [7, 11) is 7.96. The summed E-state index contributed by atoms with van der Waals surface area (Å²) in [6, 6.07) is 15.9. The standard InChI is InChI=1S/C27H38N6O2/c1-32(2)24-16-12-22(13-17-24)20-28-30-26(34)10-8-6-5-7-9-11-27(35)31-29-21-23-14-18-25(19-15-23)33(3)4/h12-21H,5-11H2,1-4H3,(H,30,34)(H,31,35). The minimum atomic E-state index is -0.0836. The molecule has 0 saturated heterocycles. The maximum atomic E-state index is 11.9. The van der Waals surface area contributed by atoms with Gasteiger partial charge in [-0.3, -0.25) is 9.59 Å². The van der Waals surface area contributed by atoms with Crippen molar-refractivity contribution in [3.8, 4) is 0 Å². The third kappa shape index (κ3) is 11.3. The first-order chi connectivity index (χ1) is 16.8. The van der Waals surface area contributed by atoms with Crippen molar-refractivity contribution in [1.82, 2.24) is 10.9 Å². The molecule has 0 unspecified atom stereocenters. The minimum absolute atomic E-state index is 0.0836. The normalized spacial score (nSPS) is 11.1. The van der Waals surface area contributed by atoms with Crippen molar-refractivity contribution in [3.05, 3.63) is 59.7 Å². The molecular weight excluding hydrogens is 440 g/mol. The van der Waals surface area contributed by atoms with Crippen LogP contribution in [0.3, 0.4) is 0 Å². The molecular formula is C27H38N6O2. The number of nitrogens with zero attached hydrogens (tertiary/aromatic N) is 4. The molecule has 35 heavy (non-hydrogen) atoms. The largest absolute Gasteiger partial charge is 0.378 e. The lowest BCUT2D eigenvalue weighted by atomic mass is 10.1. The SMILES string of the molecule is CN(C)c1ccc(C=NNC(=O)CCCCCCCC(=O)NN=Cc2ccc(N(C)C)cc2)cc1. The van der Waals surface area contributed by atoms with E-state index in [0.717, 1.165) is 54.6 Å². The van der Waals surface area contributed by atoms with Crippen molar-refractivity contribution >= 4 is 35.6 Å². The molecule has 2 aromatic carbocycles. The first kappa shape index (κ1) is 27.6. The zero-order chi connectivity index (χ0) is 25.5. The Morgan fingerprint density at radius 1 is 0.629 bits per heavy atom. The van der Waals surface area contributed by atoms with Crippen molar-refractivity contribution < 1.29 is 9.59 Å². The molecule has 0 heterocycles. The molecule has 8 heteroatoms. The Balaban J connectivity index is 1.49. The van der Waals surface area contributed by atoms with Crippen molar-refractivity contribution in [1.29, 1.82) is 0 Å².